The van der Waals surface area contributed by atoms with Crippen molar-refractivity contribution in [1.82, 2.24) is 0 Å². The molecule has 2 heteroatoms. The third-order valence-electron chi connectivity index (χ3n) is 3.62. The van der Waals surface area contributed by atoms with E-state index in [2.05, 4.69) is 39.0 Å². The van der Waals surface area contributed by atoms with Gasteiger partial charge in [0.1, 0.15) is 11.4 Å². The average Bonchev–Trinajstić information content (AvgIpc) is 2.44. The summed E-state index contributed by atoms with van der Waals surface area (Å²) in [5.74, 6) is 1.48. The molecule has 1 aromatic rings. The fourth-order valence-corrected chi connectivity index (χ4v) is 2.39. The van der Waals surface area contributed by atoms with Crippen LogP contribution in [0.2, 0.25) is 0 Å². The van der Waals surface area contributed by atoms with Crippen molar-refractivity contribution in [2.24, 2.45) is 5.73 Å². The van der Waals surface area contributed by atoms with Gasteiger partial charge in [-0.2, -0.15) is 0 Å². The third kappa shape index (κ3) is 2.81. The zero-order valence-corrected chi connectivity index (χ0v) is 11.1. The number of hydrogen-bond acceptors (Lipinski definition) is 2. The molecule has 0 saturated heterocycles. The van der Waals surface area contributed by atoms with Crippen molar-refractivity contribution < 1.29 is 4.74 Å². The van der Waals surface area contributed by atoms with Crippen LogP contribution in [0.4, 0.5) is 0 Å². The molecule has 0 bridgehead atoms. The van der Waals surface area contributed by atoms with E-state index in [-0.39, 0.29) is 5.60 Å². The molecule has 1 aromatic carbocycles. The van der Waals surface area contributed by atoms with Gasteiger partial charge in [-0.3, -0.25) is 0 Å². The zero-order valence-electron chi connectivity index (χ0n) is 11.1. The minimum atomic E-state index is -0.0355. The second-order valence-corrected chi connectivity index (χ2v) is 5.72. The largest absolute Gasteiger partial charge is 0.488 e. The van der Waals surface area contributed by atoms with Crippen molar-refractivity contribution >= 4 is 0 Å². The van der Waals surface area contributed by atoms with Crippen molar-refractivity contribution in [2.45, 2.75) is 51.6 Å². The minimum absolute atomic E-state index is 0.0355. The van der Waals surface area contributed by atoms with Crippen LogP contribution in [0.1, 0.15) is 50.7 Å². The van der Waals surface area contributed by atoms with Crippen molar-refractivity contribution in [2.75, 3.05) is 6.54 Å². The van der Waals surface area contributed by atoms with Crippen LogP contribution in [0.25, 0.3) is 0 Å². The highest BCUT2D eigenvalue weighted by atomic mass is 16.5. The summed E-state index contributed by atoms with van der Waals surface area (Å²) in [5, 5.41) is 0. The Labute approximate surface area is 104 Å². The Kier molecular flexibility index (Phi) is 3.43. The molecule has 1 unspecified atom stereocenters. The smallest absolute Gasteiger partial charge is 0.123 e. The van der Waals surface area contributed by atoms with Gasteiger partial charge in [-0.25, -0.2) is 0 Å². The first kappa shape index (κ1) is 12.4. The molecule has 0 aromatic heterocycles. The predicted octanol–water partition coefficient (Wildman–Crippen LogP) is 3.24. The quantitative estimate of drug-likeness (QED) is 0.851. The Morgan fingerprint density at radius 2 is 2.18 bits per heavy atom. The van der Waals surface area contributed by atoms with E-state index in [1.54, 1.807) is 0 Å². The number of benzene rings is 1. The maximum absolute atomic E-state index is 6.08. The lowest BCUT2D eigenvalue weighted by atomic mass is 9.96. The van der Waals surface area contributed by atoms with E-state index in [4.69, 9.17) is 10.5 Å². The molecule has 0 amide bonds. The SMILES string of the molecule is CC(CN)c1ccc2c(c1)CCCC(C)(C)O2. The number of aryl methyl sites for hydroxylation is 1. The van der Waals surface area contributed by atoms with Gasteiger partial charge in [0.25, 0.3) is 0 Å². The van der Waals surface area contributed by atoms with Gasteiger partial charge in [-0.05, 0) is 62.8 Å². The summed E-state index contributed by atoms with van der Waals surface area (Å²) in [7, 11) is 0. The fourth-order valence-electron chi connectivity index (χ4n) is 2.39. The van der Waals surface area contributed by atoms with Crippen LogP contribution < -0.4 is 10.5 Å². The first-order valence-electron chi connectivity index (χ1n) is 6.54. The van der Waals surface area contributed by atoms with Gasteiger partial charge < -0.3 is 10.5 Å². The number of hydrogen-bond donors (Lipinski definition) is 1. The molecule has 0 spiro atoms. The number of fused-ring (bicyclic) bond motifs is 1. The number of rotatable bonds is 2. The van der Waals surface area contributed by atoms with Crippen LogP contribution in [0, 0.1) is 0 Å². The summed E-state index contributed by atoms with van der Waals surface area (Å²) in [6.07, 6.45) is 3.42. The molecule has 94 valence electrons. The first-order valence-corrected chi connectivity index (χ1v) is 6.54. The molecule has 0 saturated carbocycles. The van der Waals surface area contributed by atoms with E-state index in [0.717, 1.165) is 18.6 Å². The third-order valence-corrected chi connectivity index (χ3v) is 3.62. The van der Waals surface area contributed by atoms with E-state index >= 15 is 0 Å². The monoisotopic (exact) mass is 233 g/mol. The van der Waals surface area contributed by atoms with E-state index in [0.29, 0.717) is 12.5 Å². The lowest BCUT2D eigenvalue weighted by molar-refractivity contribution is 0.103. The molecule has 0 aliphatic carbocycles. The van der Waals surface area contributed by atoms with E-state index in [9.17, 15) is 0 Å². The van der Waals surface area contributed by atoms with Gasteiger partial charge in [0, 0.05) is 0 Å². The lowest BCUT2D eigenvalue weighted by Crippen LogP contribution is -2.26. The molecule has 0 fully saturated rings. The summed E-state index contributed by atoms with van der Waals surface area (Å²) >= 11 is 0. The number of ether oxygens (including phenoxy) is 1. The van der Waals surface area contributed by atoms with Gasteiger partial charge in [0.15, 0.2) is 0 Å². The van der Waals surface area contributed by atoms with E-state index < -0.39 is 0 Å². The topological polar surface area (TPSA) is 35.2 Å². The average molecular weight is 233 g/mol. The highest BCUT2D eigenvalue weighted by Gasteiger charge is 2.24. The van der Waals surface area contributed by atoms with Crippen molar-refractivity contribution in [3.8, 4) is 5.75 Å². The summed E-state index contributed by atoms with van der Waals surface area (Å²) in [6, 6.07) is 6.54. The van der Waals surface area contributed by atoms with Gasteiger partial charge >= 0.3 is 0 Å². The minimum Gasteiger partial charge on any atom is -0.488 e. The van der Waals surface area contributed by atoms with E-state index in [1.807, 2.05) is 0 Å². The van der Waals surface area contributed by atoms with E-state index in [1.165, 1.54) is 17.5 Å². The maximum Gasteiger partial charge on any atom is 0.123 e. The summed E-state index contributed by atoms with van der Waals surface area (Å²) in [5.41, 5.74) is 8.36. The van der Waals surface area contributed by atoms with Gasteiger partial charge in [0.05, 0.1) is 0 Å². The highest BCUT2D eigenvalue weighted by Crippen LogP contribution is 2.33. The Hall–Kier alpha value is -1.02. The van der Waals surface area contributed by atoms with Gasteiger partial charge in [-0.15, -0.1) is 0 Å². The van der Waals surface area contributed by atoms with Crippen LogP contribution in [-0.4, -0.2) is 12.1 Å². The predicted molar refractivity (Wildman–Crippen MR) is 71.6 cm³/mol. The molecular formula is C15H23NO. The molecule has 1 heterocycles. The van der Waals surface area contributed by atoms with Crippen molar-refractivity contribution in [1.29, 1.82) is 0 Å². The Morgan fingerprint density at radius 3 is 2.88 bits per heavy atom. The first-order chi connectivity index (χ1) is 8.02. The van der Waals surface area contributed by atoms with Crippen LogP contribution in [-0.2, 0) is 6.42 Å². The summed E-state index contributed by atoms with van der Waals surface area (Å²) in [4.78, 5) is 0. The molecule has 17 heavy (non-hydrogen) atoms. The molecule has 1 atom stereocenters. The van der Waals surface area contributed by atoms with Crippen molar-refractivity contribution in [3.05, 3.63) is 29.3 Å². The van der Waals surface area contributed by atoms with Gasteiger partial charge in [0.2, 0.25) is 0 Å². The second-order valence-electron chi connectivity index (χ2n) is 5.72. The van der Waals surface area contributed by atoms with Crippen LogP contribution in [0.3, 0.4) is 0 Å². The Bertz CT molecular complexity index is 398. The molecule has 1 aliphatic rings. The van der Waals surface area contributed by atoms with Crippen LogP contribution >= 0.6 is 0 Å². The maximum atomic E-state index is 6.08. The van der Waals surface area contributed by atoms with Crippen molar-refractivity contribution in [3.63, 3.8) is 0 Å². The second kappa shape index (κ2) is 4.69. The van der Waals surface area contributed by atoms with Gasteiger partial charge in [-0.1, -0.05) is 19.1 Å². The summed E-state index contributed by atoms with van der Waals surface area (Å²) < 4.78 is 6.08. The van der Waals surface area contributed by atoms with Crippen LogP contribution in [0.15, 0.2) is 18.2 Å². The molecular weight excluding hydrogens is 210 g/mol. The fraction of sp³-hybridized carbons (Fsp3) is 0.600. The Morgan fingerprint density at radius 1 is 1.41 bits per heavy atom. The molecule has 2 N–H and O–H groups in total. The highest BCUT2D eigenvalue weighted by molar-refractivity contribution is 5.39. The molecule has 0 radical (unpaired) electrons. The summed E-state index contributed by atoms with van der Waals surface area (Å²) in [6.45, 7) is 7.20. The zero-order chi connectivity index (χ0) is 12.5. The Balaban J connectivity index is 2.31. The lowest BCUT2D eigenvalue weighted by Gasteiger charge is -2.25. The number of nitrogens with two attached hydrogens (primary N) is 1. The molecule has 2 rings (SSSR count). The van der Waals surface area contributed by atoms with Crippen LogP contribution in [0.5, 0.6) is 5.75 Å². The standard InChI is InChI=1S/C15H23NO/c1-11(10-16)12-6-7-14-13(9-12)5-4-8-15(2,3)17-14/h6-7,9,11H,4-5,8,10,16H2,1-3H3. The normalized spacial score (nSPS) is 20.0. The molecule has 1 aliphatic heterocycles. The molecule has 2 nitrogen and oxygen atoms in total.